The second-order valence-corrected chi connectivity index (χ2v) is 5.68. The Morgan fingerprint density at radius 3 is 1.70 bits per heavy atom. The summed E-state index contributed by atoms with van der Waals surface area (Å²) in [5.41, 5.74) is 0. The van der Waals surface area contributed by atoms with Crippen molar-refractivity contribution in [3.63, 3.8) is 0 Å². The third-order valence-corrected chi connectivity index (χ3v) is 4.32. The van der Waals surface area contributed by atoms with Crippen molar-refractivity contribution in [3.05, 3.63) is 36.9 Å². The third-order valence-electron chi connectivity index (χ3n) is 2.24. The highest BCUT2D eigenvalue weighted by molar-refractivity contribution is 8.00. The number of hydrogen-bond donors (Lipinski definition) is 0. The number of carboxylic acid groups (broad SMARTS) is 1. The molecule has 0 unspecified atom stereocenters. The van der Waals surface area contributed by atoms with Crippen molar-refractivity contribution in [1.82, 2.24) is 19.9 Å². The summed E-state index contributed by atoms with van der Waals surface area (Å²) in [5, 5.41) is 12.2. The predicted molar refractivity (Wildman–Crippen MR) is 74.0 cm³/mol. The van der Waals surface area contributed by atoms with Gasteiger partial charge in [0.05, 0.1) is 0 Å². The van der Waals surface area contributed by atoms with Crippen LogP contribution in [0.4, 0.5) is 0 Å². The van der Waals surface area contributed by atoms with Crippen LogP contribution in [0.2, 0.25) is 0 Å². The molecule has 0 fully saturated rings. The van der Waals surface area contributed by atoms with Crippen LogP contribution in [0, 0.1) is 5.92 Å². The Hall–Kier alpha value is -1.67. The van der Waals surface area contributed by atoms with Gasteiger partial charge in [0.1, 0.15) is 0 Å². The van der Waals surface area contributed by atoms with Crippen LogP contribution in [0.15, 0.2) is 47.2 Å². The van der Waals surface area contributed by atoms with E-state index in [-0.39, 0.29) is 0 Å². The summed E-state index contributed by atoms with van der Waals surface area (Å²) in [7, 11) is 0. The molecule has 0 aromatic carbocycles. The zero-order valence-corrected chi connectivity index (χ0v) is 12.0. The van der Waals surface area contributed by atoms with Gasteiger partial charge in [-0.05, 0) is 12.1 Å². The lowest BCUT2D eigenvalue weighted by molar-refractivity contribution is -0.309. The van der Waals surface area contributed by atoms with Gasteiger partial charge < -0.3 is 9.90 Å². The summed E-state index contributed by atoms with van der Waals surface area (Å²) in [5.74, 6) is -0.993. The minimum atomic E-state index is -1.09. The SMILES string of the molecule is O=C([O-])C(CSc1ncccn1)CSc1ncccn1. The standard InChI is InChI=1S/C12H12N4O2S2/c17-10(18)9(7-19-11-13-3-1-4-14-11)8-20-12-15-5-2-6-16-12/h1-6,9H,7-8H2,(H,17,18)/p-1. The van der Waals surface area contributed by atoms with Crippen molar-refractivity contribution < 1.29 is 9.90 Å². The fraction of sp³-hybridized carbons (Fsp3) is 0.250. The first-order valence-corrected chi connectivity index (χ1v) is 7.73. The van der Waals surface area contributed by atoms with Gasteiger partial charge in [0, 0.05) is 48.2 Å². The lowest BCUT2D eigenvalue weighted by Crippen LogP contribution is -2.34. The maximum atomic E-state index is 11.1. The number of thioether (sulfide) groups is 2. The third kappa shape index (κ3) is 4.78. The first-order chi connectivity index (χ1) is 9.75. The molecule has 0 aliphatic rings. The van der Waals surface area contributed by atoms with E-state index in [1.54, 1.807) is 36.9 Å². The van der Waals surface area contributed by atoms with Crippen LogP contribution in [0.3, 0.4) is 0 Å². The van der Waals surface area contributed by atoms with Gasteiger partial charge in [0.25, 0.3) is 0 Å². The zero-order chi connectivity index (χ0) is 14.2. The summed E-state index contributed by atoms with van der Waals surface area (Å²) in [6.45, 7) is 0. The Balaban J connectivity index is 1.86. The van der Waals surface area contributed by atoms with Crippen LogP contribution in [0.1, 0.15) is 0 Å². The Kier molecular flexibility index (Phi) is 5.75. The van der Waals surface area contributed by atoms with Gasteiger partial charge >= 0.3 is 0 Å². The van der Waals surface area contributed by atoms with Gasteiger partial charge in [-0.15, -0.1) is 0 Å². The fourth-order valence-corrected chi connectivity index (χ4v) is 3.15. The van der Waals surface area contributed by atoms with E-state index in [1.165, 1.54) is 23.5 Å². The number of aliphatic carboxylic acids is 1. The van der Waals surface area contributed by atoms with Gasteiger partial charge in [-0.1, -0.05) is 23.5 Å². The Morgan fingerprint density at radius 1 is 0.950 bits per heavy atom. The van der Waals surface area contributed by atoms with E-state index >= 15 is 0 Å². The van der Waals surface area contributed by atoms with Gasteiger partial charge in [-0.2, -0.15) is 0 Å². The van der Waals surface area contributed by atoms with Crippen molar-refractivity contribution >= 4 is 29.5 Å². The topological polar surface area (TPSA) is 91.7 Å². The quantitative estimate of drug-likeness (QED) is 0.540. The Labute approximate surface area is 124 Å². The molecule has 0 saturated carbocycles. The summed E-state index contributed by atoms with van der Waals surface area (Å²) in [6, 6.07) is 3.42. The molecule has 2 aromatic heterocycles. The Morgan fingerprint density at radius 2 is 1.35 bits per heavy atom. The van der Waals surface area contributed by atoms with E-state index < -0.39 is 11.9 Å². The average molecular weight is 307 g/mol. The second-order valence-electron chi connectivity index (χ2n) is 3.70. The van der Waals surface area contributed by atoms with Gasteiger partial charge in [-0.25, -0.2) is 19.9 Å². The van der Waals surface area contributed by atoms with Crippen molar-refractivity contribution in [2.75, 3.05) is 11.5 Å². The van der Waals surface area contributed by atoms with E-state index in [1.807, 2.05) is 0 Å². The molecule has 2 aromatic rings. The average Bonchev–Trinajstić information content (AvgIpc) is 2.49. The minimum Gasteiger partial charge on any atom is -0.550 e. The number of carbonyl (C=O) groups is 1. The molecule has 2 heterocycles. The van der Waals surface area contributed by atoms with Crippen LogP contribution in [0.25, 0.3) is 0 Å². The molecule has 0 radical (unpaired) electrons. The number of nitrogens with zero attached hydrogens (tertiary/aromatic N) is 4. The maximum absolute atomic E-state index is 11.1. The highest BCUT2D eigenvalue weighted by Crippen LogP contribution is 2.21. The molecule has 0 atom stereocenters. The highest BCUT2D eigenvalue weighted by atomic mass is 32.2. The first-order valence-electron chi connectivity index (χ1n) is 5.76. The lowest BCUT2D eigenvalue weighted by Gasteiger charge is -2.16. The number of carbonyl (C=O) groups excluding carboxylic acids is 1. The van der Waals surface area contributed by atoms with Crippen LogP contribution in [0.5, 0.6) is 0 Å². The molecular formula is C12H11N4O2S2-. The molecule has 2 rings (SSSR count). The monoisotopic (exact) mass is 307 g/mol. The number of hydrogen-bond acceptors (Lipinski definition) is 8. The molecule has 0 saturated heterocycles. The normalized spacial score (nSPS) is 10.7. The van der Waals surface area contributed by atoms with Crippen molar-refractivity contribution in [2.24, 2.45) is 5.92 Å². The van der Waals surface area contributed by atoms with Gasteiger partial charge in [0.2, 0.25) is 0 Å². The predicted octanol–water partition coefficient (Wildman–Crippen LogP) is 0.517. The summed E-state index contributed by atoms with van der Waals surface area (Å²) < 4.78 is 0. The Bertz CT molecular complexity index is 498. The van der Waals surface area contributed by atoms with Crippen molar-refractivity contribution in [3.8, 4) is 0 Å². The summed E-state index contributed by atoms with van der Waals surface area (Å²) in [6.07, 6.45) is 6.48. The van der Waals surface area contributed by atoms with Crippen molar-refractivity contribution in [1.29, 1.82) is 0 Å². The molecule has 0 amide bonds. The minimum absolute atomic E-state index is 0.353. The van der Waals surface area contributed by atoms with E-state index in [9.17, 15) is 9.90 Å². The van der Waals surface area contributed by atoms with Gasteiger partial charge in [-0.3, -0.25) is 0 Å². The number of carboxylic acids is 1. The van der Waals surface area contributed by atoms with Crippen molar-refractivity contribution in [2.45, 2.75) is 10.3 Å². The molecule has 0 aliphatic heterocycles. The second kappa shape index (κ2) is 7.81. The molecule has 0 aliphatic carbocycles. The zero-order valence-electron chi connectivity index (χ0n) is 10.4. The molecule has 6 nitrogen and oxygen atoms in total. The van der Waals surface area contributed by atoms with Gasteiger partial charge in [0.15, 0.2) is 10.3 Å². The van der Waals surface area contributed by atoms with E-state index in [2.05, 4.69) is 19.9 Å². The molecule has 0 N–H and O–H groups in total. The maximum Gasteiger partial charge on any atom is 0.187 e. The molecule has 104 valence electrons. The van der Waals surface area contributed by atoms with Crippen LogP contribution >= 0.6 is 23.5 Å². The van der Waals surface area contributed by atoms with E-state index in [4.69, 9.17) is 0 Å². The van der Waals surface area contributed by atoms with Crippen LogP contribution in [-0.2, 0) is 4.79 Å². The molecule has 0 bridgehead atoms. The largest absolute Gasteiger partial charge is 0.550 e. The first kappa shape index (κ1) is 14.7. The molecular weight excluding hydrogens is 296 g/mol. The van der Waals surface area contributed by atoms with E-state index in [0.717, 1.165) is 0 Å². The smallest absolute Gasteiger partial charge is 0.187 e. The fourth-order valence-electron chi connectivity index (χ4n) is 1.25. The van der Waals surface area contributed by atoms with Crippen LogP contribution < -0.4 is 5.11 Å². The summed E-state index contributed by atoms with van der Waals surface area (Å²) in [4.78, 5) is 27.3. The molecule has 8 heteroatoms. The highest BCUT2D eigenvalue weighted by Gasteiger charge is 2.13. The summed E-state index contributed by atoms with van der Waals surface area (Å²) >= 11 is 2.59. The molecule has 0 spiro atoms. The van der Waals surface area contributed by atoms with E-state index in [0.29, 0.717) is 21.8 Å². The molecule has 20 heavy (non-hydrogen) atoms. The number of aromatic nitrogens is 4. The lowest BCUT2D eigenvalue weighted by atomic mass is 10.2. The number of rotatable bonds is 7. The van der Waals surface area contributed by atoms with Crippen LogP contribution in [-0.4, -0.2) is 37.4 Å².